The van der Waals surface area contributed by atoms with Crippen molar-refractivity contribution in [2.75, 3.05) is 0 Å². The predicted molar refractivity (Wildman–Crippen MR) is 97.2 cm³/mol. The standard InChI is InChI=1S/C22H29F/c1-21(2,3)14-18-7-6-8-19(13-18)16-22(4,5)15-17-9-11-20(23)12-10-17/h6-13H,14-16H2,1-5H3. The van der Waals surface area contributed by atoms with Crippen molar-refractivity contribution in [3.63, 3.8) is 0 Å². The SMILES string of the molecule is CC(C)(C)Cc1cccc(CC(C)(C)Cc2ccc(F)cc2)c1. The molecule has 0 nitrogen and oxygen atoms in total. The second-order valence-corrected chi connectivity index (χ2v) is 8.70. The van der Waals surface area contributed by atoms with Gasteiger partial charge in [-0.05, 0) is 58.9 Å². The molecule has 0 N–H and O–H groups in total. The highest BCUT2D eigenvalue weighted by Crippen LogP contribution is 2.28. The monoisotopic (exact) mass is 312 g/mol. The highest BCUT2D eigenvalue weighted by Gasteiger charge is 2.20. The third-order valence-corrected chi connectivity index (χ3v) is 4.00. The highest BCUT2D eigenvalue weighted by molar-refractivity contribution is 5.26. The van der Waals surface area contributed by atoms with Crippen LogP contribution in [0.1, 0.15) is 51.3 Å². The van der Waals surface area contributed by atoms with Gasteiger partial charge in [0.15, 0.2) is 0 Å². The van der Waals surface area contributed by atoms with E-state index in [-0.39, 0.29) is 11.2 Å². The fourth-order valence-corrected chi connectivity index (χ4v) is 3.23. The van der Waals surface area contributed by atoms with Crippen molar-refractivity contribution in [3.05, 3.63) is 71.0 Å². The molecular formula is C22H29F. The number of halogens is 1. The Labute approximate surface area is 140 Å². The summed E-state index contributed by atoms with van der Waals surface area (Å²) < 4.78 is 13.0. The smallest absolute Gasteiger partial charge is 0.123 e. The zero-order chi connectivity index (χ0) is 17.1. The fourth-order valence-electron chi connectivity index (χ4n) is 3.23. The van der Waals surface area contributed by atoms with Crippen molar-refractivity contribution in [2.45, 2.75) is 53.9 Å². The van der Waals surface area contributed by atoms with Gasteiger partial charge in [-0.2, -0.15) is 0 Å². The van der Waals surface area contributed by atoms with Crippen molar-refractivity contribution < 1.29 is 4.39 Å². The van der Waals surface area contributed by atoms with E-state index in [0.717, 1.165) is 19.3 Å². The van der Waals surface area contributed by atoms with Gasteiger partial charge in [0.1, 0.15) is 5.82 Å². The molecule has 0 fully saturated rings. The largest absolute Gasteiger partial charge is 0.207 e. The number of benzene rings is 2. The average Bonchev–Trinajstić information content (AvgIpc) is 2.39. The third-order valence-electron chi connectivity index (χ3n) is 4.00. The van der Waals surface area contributed by atoms with E-state index < -0.39 is 0 Å². The minimum Gasteiger partial charge on any atom is -0.207 e. The van der Waals surface area contributed by atoms with Gasteiger partial charge < -0.3 is 0 Å². The lowest BCUT2D eigenvalue weighted by molar-refractivity contribution is 0.360. The molecule has 0 bridgehead atoms. The van der Waals surface area contributed by atoms with Gasteiger partial charge in [0.25, 0.3) is 0 Å². The summed E-state index contributed by atoms with van der Waals surface area (Å²) in [6.45, 7) is 11.4. The van der Waals surface area contributed by atoms with Crippen molar-refractivity contribution in [3.8, 4) is 0 Å². The Balaban J connectivity index is 2.07. The maximum Gasteiger partial charge on any atom is 0.123 e. The Kier molecular flexibility index (Phi) is 5.29. The van der Waals surface area contributed by atoms with Crippen LogP contribution in [0.3, 0.4) is 0 Å². The van der Waals surface area contributed by atoms with E-state index in [1.54, 1.807) is 12.1 Å². The molecule has 23 heavy (non-hydrogen) atoms. The van der Waals surface area contributed by atoms with Crippen molar-refractivity contribution >= 4 is 0 Å². The zero-order valence-electron chi connectivity index (χ0n) is 15.1. The Morgan fingerprint density at radius 1 is 0.696 bits per heavy atom. The van der Waals surface area contributed by atoms with Gasteiger partial charge in [-0.3, -0.25) is 0 Å². The Morgan fingerprint density at radius 2 is 1.22 bits per heavy atom. The van der Waals surface area contributed by atoms with Crippen LogP contribution in [-0.4, -0.2) is 0 Å². The highest BCUT2D eigenvalue weighted by atomic mass is 19.1. The molecule has 0 spiro atoms. The first-order valence-corrected chi connectivity index (χ1v) is 8.45. The number of hydrogen-bond donors (Lipinski definition) is 0. The Morgan fingerprint density at radius 3 is 1.78 bits per heavy atom. The molecule has 0 atom stereocenters. The van der Waals surface area contributed by atoms with Crippen LogP contribution < -0.4 is 0 Å². The second-order valence-electron chi connectivity index (χ2n) is 8.70. The molecule has 0 aliphatic rings. The van der Waals surface area contributed by atoms with Crippen LogP contribution in [0.15, 0.2) is 48.5 Å². The van der Waals surface area contributed by atoms with Crippen LogP contribution in [0.4, 0.5) is 4.39 Å². The molecule has 0 heterocycles. The molecule has 0 unspecified atom stereocenters. The molecule has 0 saturated carbocycles. The molecule has 124 valence electrons. The minimum atomic E-state index is -0.165. The first-order chi connectivity index (χ1) is 10.6. The van der Waals surface area contributed by atoms with E-state index in [2.05, 4.69) is 58.9 Å². The van der Waals surface area contributed by atoms with E-state index in [1.165, 1.54) is 16.7 Å². The van der Waals surface area contributed by atoms with E-state index in [9.17, 15) is 4.39 Å². The first kappa shape index (κ1) is 17.7. The van der Waals surface area contributed by atoms with Crippen molar-refractivity contribution in [1.29, 1.82) is 0 Å². The van der Waals surface area contributed by atoms with E-state index in [0.29, 0.717) is 5.41 Å². The van der Waals surface area contributed by atoms with Crippen LogP contribution in [0.5, 0.6) is 0 Å². The summed E-state index contributed by atoms with van der Waals surface area (Å²) in [6, 6.07) is 15.9. The summed E-state index contributed by atoms with van der Waals surface area (Å²) in [4.78, 5) is 0. The van der Waals surface area contributed by atoms with Gasteiger partial charge in [0.2, 0.25) is 0 Å². The molecule has 2 rings (SSSR count). The predicted octanol–water partition coefficient (Wildman–Crippen LogP) is 6.23. The van der Waals surface area contributed by atoms with Gasteiger partial charge in [0.05, 0.1) is 0 Å². The fraction of sp³-hybridized carbons (Fsp3) is 0.455. The number of hydrogen-bond acceptors (Lipinski definition) is 0. The molecule has 0 radical (unpaired) electrons. The van der Waals surface area contributed by atoms with Gasteiger partial charge in [-0.25, -0.2) is 4.39 Å². The molecule has 0 amide bonds. The quantitative estimate of drug-likeness (QED) is 0.614. The van der Waals surface area contributed by atoms with E-state index >= 15 is 0 Å². The van der Waals surface area contributed by atoms with E-state index in [1.807, 2.05) is 12.1 Å². The molecule has 0 aliphatic heterocycles. The maximum absolute atomic E-state index is 13.0. The molecule has 2 aromatic carbocycles. The van der Waals surface area contributed by atoms with Gasteiger partial charge in [-0.15, -0.1) is 0 Å². The van der Waals surface area contributed by atoms with Crippen LogP contribution in [-0.2, 0) is 19.3 Å². The van der Waals surface area contributed by atoms with Crippen LogP contribution in [0.2, 0.25) is 0 Å². The van der Waals surface area contributed by atoms with Crippen LogP contribution >= 0.6 is 0 Å². The van der Waals surface area contributed by atoms with Gasteiger partial charge >= 0.3 is 0 Å². The minimum absolute atomic E-state index is 0.151. The molecule has 0 aromatic heterocycles. The topological polar surface area (TPSA) is 0 Å². The summed E-state index contributed by atoms with van der Waals surface area (Å²) in [5.41, 5.74) is 4.45. The van der Waals surface area contributed by atoms with Gasteiger partial charge in [0, 0.05) is 0 Å². The van der Waals surface area contributed by atoms with E-state index in [4.69, 9.17) is 0 Å². The molecular weight excluding hydrogens is 283 g/mol. The lowest BCUT2D eigenvalue weighted by atomic mass is 9.79. The summed E-state index contributed by atoms with van der Waals surface area (Å²) in [7, 11) is 0. The molecule has 0 saturated heterocycles. The first-order valence-electron chi connectivity index (χ1n) is 8.45. The summed E-state index contributed by atoms with van der Waals surface area (Å²) >= 11 is 0. The van der Waals surface area contributed by atoms with Crippen LogP contribution in [0, 0.1) is 16.6 Å². The summed E-state index contributed by atoms with van der Waals surface area (Å²) in [5.74, 6) is -0.165. The zero-order valence-corrected chi connectivity index (χ0v) is 15.1. The maximum atomic E-state index is 13.0. The van der Waals surface area contributed by atoms with Crippen molar-refractivity contribution in [2.24, 2.45) is 10.8 Å². The van der Waals surface area contributed by atoms with Crippen molar-refractivity contribution in [1.82, 2.24) is 0 Å². The number of rotatable bonds is 5. The third kappa shape index (κ3) is 6.17. The summed E-state index contributed by atoms with van der Waals surface area (Å²) in [5, 5.41) is 0. The van der Waals surface area contributed by atoms with Crippen LogP contribution in [0.25, 0.3) is 0 Å². The molecule has 0 aliphatic carbocycles. The molecule has 1 heteroatoms. The van der Waals surface area contributed by atoms with Gasteiger partial charge in [-0.1, -0.05) is 71.0 Å². The molecule has 2 aromatic rings. The second kappa shape index (κ2) is 6.86. The Bertz CT molecular complexity index is 630. The Hall–Kier alpha value is -1.63. The average molecular weight is 312 g/mol. The summed E-state index contributed by atoms with van der Waals surface area (Å²) in [6.07, 6.45) is 3.08. The lowest BCUT2D eigenvalue weighted by Crippen LogP contribution is -2.18. The normalized spacial score (nSPS) is 12.4. The lowest BCUT2D eigenvalue weighted by Gasteiger charge is -2.26.